The summed E-state index contributed by atoms with van der Waals surface area (Å²) in [6.45, 7) is 0. The van der Waals surface area contributed by atoms with Crippen LogP contribution in [0.5, 0.6) is 5.75 Å². The van der Waals surface area contributed by atoms with Gasteiger partial charge >= 0.3 is 0 Å². The number of hydrogen-bond donors (Lipinski definition) is 4. The first-order valence-corrected chi connectivity index (χ1v) is 7.35. The third kappa shape index (κ3) is 4.48. The summed E-state index contributed by atoms with van der Waals surface area (Å²) in [5.41, 5.74) is 11.7. The second kappa shape index (κ2) is 7.66. The molecule has 0 aliphatic heterocycles. The number of nitrogens with one attached hydrogen (secondary N) is 3. The van der Waals surface area contributed by atoms with Crippen LogP contribution in [0.2, 0.25) is 5.02 Å². The molecule has 5 N–H and O–H groups in total. The number of hydrogen-bond acceptors (Lipinski definition) is 4. The lowest BCUT2D eigenvalue weighted by atomic mass is 10.1. The van der Waals surface area contributed by atoms with E-state index in [9.17, 15) is 4.79 Å². The Morgan fingerprint density at radius 1 is 1.17 bits per heavy atom. The number of anilines is 2. The second-order valence-corrected chi connectivity index (χ2v) is 5.33. The average molecular weight is 351 g/mol. The third-order valence-electron chi connectivity index (χ3n) is 2.90. The maximum Gasteiger partial charge on any atom is 0.271 e. The van der Waals surface area contributed by atoms with Crippen molar-refractivity contribution in [3.8, 4) is 5.75 Å². The Kier molecular flexibility index (Phi) is 5.61. The highest BCUT2D eigenvalue weighted by Gasteiger charge is 2.13. The summed E-state index contributed by atoms with van der Waals surface area (Å²) >= 11 is 10.7. The van der Waals surface area contributed by atoms with Gasteiger partial charge in [-0.05, 0) is 42.5 Å². The number of carbonyl (C=O) groups is 1. The van der Waals surface area contributed by atoms with Crippen molar-refractivity contribution in [2.24, 2.45) is 5.73 Å². The van der Waals surface area contributed by atoms with Crippen LogP contribution in [0, 0.1) is 0 Å². The Balaban J connectivity index is 2.32. The van der Waals surface area contributed by atoms with E-state index in [1.54, 1.807) is 31.4 Å². The number of methoxy groups -OCH3 is 1. The van der Waals surface area contributed by atoms with Crippen LogP contribution < -0.4 is 26.6 Å². The molecule has 0 bridgehead atoms. The SMILES string of the molecule is COc1ccccc1Nc1cc(Cl)ccc1C(=O)NNC(N)=S. The minimum atomic E-state index is -0.410. The number of rotatable bonds is 4. The summed E-state index contributed by atoms with van der Waals surface area (Å²) in [6, 6.07) is 12.2. The molecule has 0 aliphatic carbocycles. The van der Waals surface area contributed by atoms with Crippen molar-refractivity contribution in [3.63, 3.8) is 0 Å². The van der Waals surface area contributed by atoms with Gasteiger partial charge in [0.15, 0.2) is 5.11 Å². The lowest BCUT2D eigenvalue weighted by Crippen LogP contribution is -2.44. The minimum absolute atomic E-state index is 0.0356. The number of ether oxygens (including phenoxy) is 1. The Bertz CT molecular complexity index is 739. The van der Waals surface area contributed by atoms with Crippen molar-refractivity contribution in [2.45, 2.75) is 0 Å². The Hall–Kier alpha value is -2.51. The van der Waals surface area contributed by atoms with Crippen molar-refractivity contribution in [1.29, 1.82) is 0 Å². The van der Waals surface area contributed by atoms with Gasteiger partial charge in [0.25, 0.3) is 5.91 Å². The van der Waals surface area contributed by atoms with Crippen LogP contribution in [0.4, 0.5) is 11.4 Å². The van der Waals surface area contributed by atoms with Crippen LogP contribution in [0.25, 0.3) is 0 Å². The zero-order valence-corrected chi connectivity index (χ0v) is 13.8. The molecule has 1 amide bonds. The molecular weight excluding hydrogens is 336 g/mol. The van der Waals surface area contributed by atoms with E-state index >= 15 is 0 Å². The van der Waals surface area contributed by atoms with Gasteiger partial charge in [0.05, 0.1) is 24.0 Å². The number of para-hydroxylation sites is 2. The second-order valence-electron chi connectivity index (χ2n) is 4.46. The maximum absolute atomic E-state index is 12.2. The standard InChI is InChI=1S/C15H15ClN4O2S/c1-22-13-5-3-2-4-11(13)18-12-8-9(16)6-7-10(12)14(21)19-20-15(17)23/h2-8,18H,1H3,(H,19,21)(H3,17,20,23). The molecule has 2 aromatic rings. The van der Waals surface area contributed by atoms with Crippen molar-refractivity contribution < 1.29 is 9.53 Å². The molecule has 0 aliphatic rings. The molecule has 0 saturated carbocycles. The first kappa shape index (κ1) is 16.9. The van der Waals surface area contributed by atoms with Crippen LogP contribution in [0.15, 0.2) is 42.5 Å². The molecule has 0 saturated heterocycles. The van der Waals surface area contributed by atoms with Gasteiger partial charge in [-0.1, -0.05) is 23.7 Å². The zero-order chi connectivity index (χ0) is 16.8. The Labute approximate surface area is 143 Å². The Morgan fingerprint density at radius 2 is 1.91 bits per heavy atom. The van der Waals surface area contributed by atoms with E-state index in [1.807, 2.05) is 18.2 Å². The third-order valence-corrected chi connectivity index (χ3v) is 3.24. The lowest BCUT2D eigenvalue weighted by molar-refractivity contribution is 0.0945. The number of amides is 1. The quantitative estimate of drug-likeness (QED) is 0.500. The molecule has 23 heavy (non-hydrogen) atoms. The number of hydrazine groups is 1. The number of thiocarbonyl (C=S) groups is 1. The average Bonchev–Trinajstić information content (AvgIpc) is 2.53. The molecule has 8 heteroatoms. The molecule has 0 atom stereocenters. The fraction of sp³-hybridized carbons (Fsp3) is 0.0667. The largest absolute Gasteiger partial charge is 0.495 e. The van der Waals surface area contributed by atoms with Gasteiger partial charge in [0, 0.05) is 5.02 Å². The number of carbonyl (C=O) groups excluding carboxylic acids is 1. The van der Waals surface area contributed by atoms with Crippen LogP contribution in [0.3, 0.4) is 0 Å². The summed E-state index contributed by atoms with van der Waals surface area (Å²) in [6.07, 6.45) is 0. The normalized spacial score (nSPS) is 9.83. The highest BCUT2D eigenvalue weighted by atomic mass is 35.5. The van der Waals surface area contributed by atoms with E-state index < -0.39 is 5.91 Å². The molecule has 120 valence electrons. The maximum atomic E-state index is 12.2. The van der Waals surface area contributed by atoms with Crippen LogP contribution in [-0.2, 0) is 0 Å². The highest BCUT2D eigenvalue weighted by Crippen LogP contribution is 2.30. The van der Waals surface area contributed by atoms with Crippen LogP contribution >= 0.6 is 23.8 Å². The smallest absolute Gasteiger partial charge is 0.271 e. The van der Waals surface area contributed by atoms with Crippen molar-refractivity contribution in [3.05, 3.63) is 53.1 Å². The topological polar surface area (TPSA) is 88.4 Å². The Morgan fingerprint density at radius 3 is 2.61 bits per heavy atom. The molecule has 0 spiro atoms. The van der Waals surface area contributed by atoms with Gasteiger partial charge in [-0.15, -0.1) is 0 Å². The molecule has 0 unspecified atom stereocenters. The van der Waals surface area contributed by atoms with Gasteiger partial charge in [0.2, 0.25) is 0 Å². The van der Waals surface area contributed by atoms with E-state index in [1.165, 1.54) is 0 Å². The number of halogens is 1. The molecule has 0 heterocycles. The molecule has 6 nitrogen and oxygen atoms in total. The fourth-order valence-electron chi connectivity index (χ4n) is 1.90. The van der Waals surface area contributed by atoms with Gasteiger partial charge in [-0.25, -0.2) is 0 Å². The van der Waals surface area contributed by atoms with Gasteiger partial charge in [-0.3, -0.25) is 15.6 Å². The summed E-state index contributed by atoms with van der Waals surface area (Å²) in [4.78, 5) is 12.2. The number of benzene rings is 2. The summed E-state index contributed by atoms with van der Waals surface area (Å²) in [5, 5.41) is 3.59. The molecule has 2 aromatic carbocycles. The monoisotopic (exact) mass is 350 g/mol. The number of nitrogens with two attached hydrogens (primary N) is 1. The van der Waals surface area contributed by atoms with E-state index in [4.69, 9.17) is 22.1 Å². The van der Waals surface area contributed by atoms with Gasteiger partial charge in [-0.2, -0.15) is 0 Å². The first-order chi connectivity index (χ1) is 11.0. The highest BCUT2D eigenvalue weighted by molar-refractivity contribution is 7.80. The summed E-state index contributed by atoms with van der Waals surface area (Å²) < 4.78 is 5.29. The van der Waals surface area contributed by atoms with Crippen molar-refractivity contribution in [2.75, 3.05) is 12.4 Å². The molecule has 0 aromatic heterocycles. The van der Waals surface area contributed by atoms with E-state index in [-0.39, 0.29) is 5.11 Å². The van der Waals surface area contributed by atoms with Crippen molar-refractivity contribution in [1.82, 2.24) is 10.9 Å². The van der Waals surface area contributed by atoms with Crippen molar-refractivity contribution >= 4 is 46.2 Å². The summed E-state index contributed by atoms with van der Waals surface area (Å²) in [7, 11) is 1.57. The predicted molar refractivity (Wildman–Crippen MR) is 95.1 cm³/mol. The first-order valence-electron chi connectivity index (χ1n) is 6.56. The van der Waals surface area contributed by atoms with E-state index in [2.05, 4.69) is 28.4 Å². The predicted octanol–water partition coefficient (Wildman–Crippen LogP) is 2.57. The van der Waals surface area contributed by atoms with Crippen LogP contribution in [0.1, 0.15) is 10.4 Å². The minimum Gasteiger partial charge on any atom is -0.495 e. The fourth-order valence-corrected chi connectivity index (χ4v) is 2.12. The van der Waals surface area contributed by atoms with Crippen LogP contribution in [-0.4, -0.2) is 18.1 Å². The molecule has 0 fully saturated rings. The molecule has 2 rings (SSSR count). The summed E-state index contributed by atoms with van der Waals surface area (Å²) in [5.74, 6) is 0.229. The molecular formula is C15H15ClN4O2S. The molecule has 0 radical (unpaired) electrons. The van der Waals surface area contributed by atoms with Gasteiger partial charge in [0.1, 0.15) is 5.75 Å². The van der Waals surface area contributed by atoms with E-state index in [0.717, 1.165) is 0 Å². The van der Waals surface area contributed by atoms with E-state index in [0.29, 0.717) is 27.7 Å². The van der Waals surface area contributed by atoms with Gasteiger partial charge < -0.3 is 15.8 Å². The zero-order valence-electron chi connectivity index (χ0n) is 12.2. The lowest BCUT2D eigenvalue weighted by Gasteiger charge is -2.15.